The van der Waals surface area contributed by atoms with Crippen LogP contribution in [0.25, 0.3) is 0 Å². The van der Waals surface area contributed by atoms with E-state index in [4.69, 9.17) is 0 Å². The summed E-state index contributed by atoms with van der Waals surface area (Å²) in [5.41, 5.74) is 1.66. The van der Waals surface area contributed by atoms with E-state index in [1.807, 2.05) is 30.3 Å². The van der Waals surface area contributed by atoms with E-state index in [-0.39, 0.29) is 0 Å². The molecule has 0 aliphatic rings. The van der Waals surface area contributed by atoms with Crippen LogP contribution < -0.4 is 5.32 Å². The zero-order valence-electron chi connectivity index (χ0n) is 8.58. The first-order chi connectivity index (χ1) is 7.75. The molecule has 0 atom stereocenters. The molecule has 0 radical (unpaired) electrons. The Morgan fingerprint density at radius 1 is 0.875 bits per heavy atom. The topological polar surface area (TPSA) is 12.0 Å². The van der Waals surface area contributed by atoms with Crippen molar-refractivity contribution < 1.29 is 8.78 Å². The first-order valence-corrected chi connectivity index (χ1v) is 4.98. The normalized spacial score (nSPS) is 10.1. The molecule has 0 heterocycles. The fourth-order valence-electron chi connectivity index (χ4n) is 1.41. The van der Waals surface area contributed by atoms with Gasteiger partial charge in [-0.15, -0.1) is 0 Å². The van der Waals surface area contributed by atoms with Crippen molar-refractivity contribution in [3.63, 3.8) is 0 Å². The number of nitrogens with one attached hydrogen (secondary N) is 1. The molecular formula is C13H11F2N. The number of hydrogen-bond donors (Lipinski definition) is 1. The number of halogens is 2. The SMILES string of the molecule is Fc1ccc(NCc2ccccc2)cc1F. The van der Waals surface area contributed by atoms with Crippen molar-refractivity contribution in [1.82, 2.24) is 0 Å². The zero-order valence-corrected chi connectivity index (χ0v) is 8.58. The van der Waals surface area contributed by atoms with E-state index in [0.717, 1.165) is 17.7 Å². The lowest BCUT2D eigenvalue weighted by atomic mass is 10.2. The summed E-state index contributed by atoms with van der Waals surface area (Å²) in [5, 5.41) is 3.02. The summed E-state index contributed by atoms with van der Waals surface area (Å²) >= 11 is 0. The maximum atomic E-state index is 12.9. The predicted molar refractivity (Wildman–Crippen MR) is 60.1 cm³/mol. The summed E-state index contributed by atoms with van der Waals surface area (Å²) in [4.78, 5) is 0. The molecule has 3 heteroatoms. The first-order valence-electron chi connectivity index (χ1n) is 4.98. The molecule has 0 amide bonds. The Hall–Kier alpha value is -1.90. The van der Waals surface area contributed by atoms with Crippen LogP contribution in [0.3, 0.4) is 0 Å². The van der Waals surface area contributed by atoms with E-state index in [0.29, 0.717) is 12.2 Å². The smallest absolute Gasteiger partial charge is 0.160 e. The van der Waals surface area contributed by atoms with Gasteiger partial charge in [-0.05, 0) is 17.7 Å². The Morgan fingerprint density at radius 3 is 2.31 bits per heavy atom. The average Bonchev–Trinajstić information content (AvgIpc) is 2.32. The second-order valence-corrected chi connectivity index (χ2v) is 3.47. The third-order valence-corrected chi connectivity index (χ3v) is 2.26. The van der Waals surface area contributed by atoms with Crippen LogP contribution >= 0.6 is 0 Å². The van der Waals surface area contributed by atoms with Crippen molar-refractivity contribution in [2.24, 2.45) is 0 Å². The molecule has 0 bridgehead atoms. The Bertz CT molecular complexity index is 469. The van der Waals surface area contributed by atoms with Crippen LogP contribution in [0.4, 0.5) is 14.5 Å². The van der Waals surface area contributed by atoms with Crippen LogP contribution in [0.5, 0.6) is 0 Å². The third-order valence-electron chi connectivity index (χ3n) is 2.26. The highest BCUT2D eigenvalue weighted by Crippen LogP contribution is 2.14. The summed E-state index contributed by atoms with van der Waals surface area (Å²) in [6.45, 7) is 0.589. The van der Waals surface area contributed by atoms with Gasteiger partial charge in [-0.2, -0.15) is 0 Å². The van der Waals surface area contributed by atoms with Crippen molar-refractivity contribution in [3.8, 4) is 0 Å². The lowest BCUT2D eigenvalue weighted by Gasteiger charge is -2.06. The van der Waals surface area contributed by atoms with Gasteiger partial charge in [0.2, 0.25) is 0 Å². The van der Waals surface area contributed by atoms with Gasteiger partial charge in [0.15, 0.2) is 11.6 Å². The predicted octanol–water partition coefficient (Wildman–Crippen LogP) is 3.58. The molecule has 2 rings (SSSR count). The van der Waals surface area contributed by atoms with Crippen LogP contribution in [0.15, 0.2) is 48.5 Å². The molecule has 0 aliphatic carbocycles. The van der Waals surface area contributed by atoms with Gasteiger partial charge in [-0.3, -0.25) is 0 Å². The van der Waals surface area contributed by atoms with Crippen molar-refractivity contribution in [1.29, 1.82) is 0 Å². The molecule has 1 nitrogen and oxygen atoms in total. The Balaban J connectivity index is 2.03. The highest BCUT2D eigenvalue weighted by atomic mass is 19.2. The Labute approximate surface area is 92.7 Å². The molecule has 1 N–H and O–H groups in total. The lowest BCUT2D eigenvalue weighted by Crippen LogP contribution is -1.99. The minimum atomic E-state index is -0.835. The average molecular weight is 219 g/mol. The minimum absolute atomic E-state index is 0.572. The second-order valence-electron chi connectivity index (χ2n) is 3.47. The maximum Gasteiger partial charge on any atom is 0.160 e. The highest BCUT2D eigenvalue weighted by molar-refractivity contribution is 5.44. The molecule has 0 unspecified atom stereocenters. The van der Waals surface area contributed by atoms with E-state index in [1.165, 1.54) is 6.07 Å². The van der Waals surface area contributed by atoms with E-state index >= 15 is 0 Å². The molecule has 0 aromatic heterocycles. The van der Waals surface area contributed by atoms with Gasteiger partial charge in [-0.25, -0.2) is 8.78 Å². The van der Waals surface area contributed by atoms with Gasteiger partial charge < -0.3 is 5.32 Å². The molecular weight excluding hydrogens is 208 g/mol. The molecule has 0 saturated carbocycles. The number of anilines is 1. The van der Waals surface area contributed by atoms with Crippen molar-refractivity contribution in [2.45, 2.75) is 6.54 Å². The summed E-state index contributed by atoms with van der Waals surface area (Å²) in [6.07, 6.45) is 0. The van der Waals surface area contributed by atoms with Gasteiger partial charge >= 0.3 is 0 Å². The quantitative estimate of drug-likeness (QED) is 0.832. The van der Waals surface area contributed by atoms with Crippen LogP contribution in [0.1, 0.15) is 5.56 Å². The number of benzene rings is 2. The van der Waals surface area contributed by atoms with Crippen molar-refractivity contribution in [3.05, 3.63) is 65.7 Å². The van der Waals surface area contributed by atoms with E-state index in [9.17, 15) is 8.78 Å². The van der Waals surface area contributed by atoms with Crippen LogP contribution in [0, 0.1) is 11.6 Å². The fourth-order valence-corrected chi connectivity index (χ4v) is 1.41. The monoisotopic (exact) mass is 219 g/mol. The third kappa shape index (κ3) is 2.57. The van der Waals surface area contributed by atoms with E-state index < -0.39 is 11.6 Å². The molecule has 2 aromatic rings. The van der Waals surface area contributed by atoms with E-state index in [2.05, 4.69) is 5.32 Å². The Morgan fingerprint density at radius 2 is 1.62 bits per heavy atom. The van der Waals surface area contributed by atoms with Gasteiger partial charge in [0.1, 0.15) is 0 Å². The van der Waals surface area contributed by atoms with Crippen molar-refractivity contribution >= 4 is 5.69 Å². The van der Waals surface area contributed by atoms with E-state index in [1.54, 1.807) is 0 Å². The molecule has 82 valence electrons. The zero-order chi connectivity index (χ0) is 11.4. The number of hydrogen-bond acceptors (Lipinski definition) is 1. The molecule has 0 saturated heterocycles. The van der Waals surface area contributed by atoms with Crippen LogP contribution in [-0.4, -0.2) is 0 Å². The lowest BCUT2D eigenvalue weighted by molar-refractivity contribution is 0.509. The standard InChI is InChI=1S/C13H11F2N/c14-12-7-6-11(8-13(12)15)16-9-10-4-2-1-3-5-10/h1-8,16H,9H2. The molecule has 0 spiro atoms. The van der Waals surface area contributed by atoms with Gasteiger partial charge in [0.05, 0.1) is 0 Å². The summed E-state index contributed by atoms with van der Waals surface area (Å²) < 4.78 is 25.5. The molecule has 16 heavy (non-hydrogen) atoms. The highest BCUT2D eigenvalue weighted by Gasteiger charge is 2.01. The van der Waals surface area contributed by atoms with Gasteiger partial charge in [-0.1, -0.05) is 30.3 Å². The van der Waals surface area contributed by atoms with Crippen LogP contribution in [0.2, 0.25) is 0 Å². The van der Waals surface area contributed by atoms with Gasteiger partial charge in [0.25, 0.3) is 0 Å². The second kappa shape index (κ2) is 4.75. The minimum Gasteiger partial charge on any atom is -0.381 e. The Kier molecular flexibility index (Phi) is 3.15. The molecule has 0 fully saturated rings. The van der Waals surface area contributed by atoms with Crippen molar-refractivity contribution in [2.75, 3.05) is 5.32 Å². The maximum absolute atomic E-state index is 12.9. The molecule has 2 aromatic carbocycles. The fraction of sp³-hybridized carbons (Fsp3) is 0.0769. The first kappa shape index (κ1) is 10.6. The summed E-state index contributed by atoms with van der Waals surface area (Å²) in [6, 6.07) is 13.5. The van der Waals surface area contributed by atoms with Gasteiger partial charge in [0, 0.05) is 18.3 Å². The summed E-state index contributed by atoms with van der Waals surface area (Å²) in [5.74, 6) is -1.66. The summed E-state index contributed by atoms with van der Waals surface area (Å²) in [7, 11) is 0. The molecule has 0 aliphatic heterocycles. The van der Waals surface area contributed by atoms with Crippen LogP contribution in [-0.2, 0) is 6.54 Å². The largest absolute Gasteiger partial charge is 0.381 e. The number of rotatable bonds is 3.